The third-order valence-electron chi connectivity index (χ3n) is 6.09. The van der Waals surface area contributed by atoms with Gasteiger partial charge in [-0.3, -0.25) is 0 Å². The van der Waals surface area contributed by atoms with Gasteiger partial charge in [0.2, 0.25) is 0 Å². The zero-order chi connectivity index (χ0) is 23.1. The first kappa shape index (κ1) is 21.2. The van der Waals surface area contributed by atoms with Crippen LogP contribution in [0, 0.1) is 0 Å². The number of hydrogen-bond donors (Lipinski definition) is 0. The van der Waals surface area contributed by atoms with Gasteiger partial charge in [0, 0.05) is 0 Å². The van der Waals surface area contributed by atoms with Gasteiger partial charge in [0.1, 0.15) is 5.60 Å². The van der Waals surface area contributed by atoms with Crippen molar-refractivity contribution in [3.63, 3.8) is 0 Å². The van der Waals surface area contributed by atoms with E-state index in [0.717, 1.165) is 11.4 Å². The van der Waals surface area contributed by atoms with Crippen molar-refractivity contribution in [3.05, 3.63) is 109 Å². The van der Waals surface area contributed by atoms with Crippen molar-refractivity contribution < 1.29 is 9.53 Å². The number of carbonyl (C=O) groups excluding carboxylic acids is 1. The lowest BCUT2D eigenvalue weighted by molar-refractivity contribution is 0.0599. The molecule has 0 saturated heterocycles. The molecule has 0 saturated carbocycles. The second kappa shape index (κ2) is 8.05. The average molecular weight is 450 g/mol. The molecule has 0 unspecified atom stereocenters. The summed E-state index contributed by atoms with van der Waals surface area (Å²) < 4.78 is 5.87. The van der Waals surface area contributed by atoms with Crippen molar-refractivity contribution in [1.29, 1.82) is 0 Å². The van der Waals surface area contributed by atoms with Crippen LogP contribution in [0.15, 0.2) is 109 Å². The zero-order valence-corrected chi connectivity index (χ0v) is 20.2. The summed E-state index contributed by atoms with van der Waals surface area (Å²) in [6, 6.07) is 38.1. The van der Waals surface area contributed by atoms with E-state index in [2.05, 4.69) is 84.9 Å². The molecule has 0 spiro atoms. The van der Waals surface area contributed by atoms with E-state index in [1.54, 1.807) is 4.90 Å². The Morgan fingerprint density at radius 2 is 1.03 bits per heavy atom. The van der Waals surface area contributed by atoms with E-state index in [0.29, 0.717) is 0 Å². The van der Waals surface area contributed by atoms with Crippen LogP contribution in [-0.2, 0) is 4.74 Å². The zero-order valence-electron chi connectivity index (χ0n) is 19.2. The van der Waals surface area contributed by atoms with Crippen molar-refractivity contribution in [2.75, 3.05) is 4.90 Å². The highest BCUT2D eigenvalue weighted by Gasteiger charge is 2.49. The fourth-order valence-corrected chi connectivity index (χ4v) is 10.0. The molecule has 33 heavy (non-hydrogen) atoms. The number of amides is 1. The van der Waals surface area contributed by atoms with Crippen LogP contribution in [0.5, 0.6) is 0 Å². The third-order valence-corrected chi connectivity index (χ3v) is 10.9. The largest absolute Gasteiger partial charge is 0.443 e. The smallest absolute Gasteiger partial charge is 0.419 e. The predicted molar refractivity (Wildman–Crippen MR) is 138 cm³/mol. The monoisotopic (exact) mass is 449 g/mol. The van der Waals surface area contributed by atoms with E-state index < -0.39 is 13.7 Å². The van der Waals surface area contributed by atoms with Crippen LogP contribution in [0.25, 0.3) is 0 Å². The molecule has 0 bridgehead atoms. The molecule has 1 amide bonds. The average Bonchev–Trinajstić information content (AvgIpc) is 2.82. The molecular formula is C29H27NO2Si. The van der Waals surface area contributed by atoms with Gasteiger partial charge in [-0.1, -0.05) is 97.1 Å². The van der Waals surface area contributed by atoms with E-state index in [1.807, 2.05) is 45.0 Å². The van der Waals surface area contributed by atoms with Crippen LogP contribution in [0.2, 0.25) is 0 Å². The second-order valence-corrected chi connectivity index (χ2v) is 13.1. The molecule has 1 aliphatic rings. The maximum Gasteiger partial charge on any atom is 0.419 e. The molecule has 3 nitrogen and oxygen atoms in total. The van der Waals surface area contributed by atoms with Gasteiger partial charge >= 0.3 is 6.09 Å². The van der Waals surface area contributed by atoms with Gasteiger partial charge in [0.05, 0.1) is 11.4 Å². The van der Waals surface area contributed by atoms with Crippen LogP contribution < -0.4 is 25.6 Å². The third kappa shape index (κ3) is 3.47. The van der Waals surface area contributed by atoms with E-state index in [-0.39, 0.29) is 6.09 Å². The Bertz CT molecular complexity index is 1210. The van der Waals surface area contributed by atoms with Crippen molar-refractivity contribution >= 4 is 46.3 Å². The Morgan fingerprint density at radius 3 is 1.45 bits per heavy atom. The highest BCUT2D eigenvalue weighted by atomic mass is 28.3. The Labute approximate surface area is 196 Å². The fraction of sp³-hybridized carbons (Fsp3) is 0.138. The molecule has 5 rings (SSSR count). The molecule has 0 aromatic heterocycles. The lowest BCUT2D eigenvalue weighted by atomic mass is 10.2. The van der Waals surface area contributed by atoms with Crippen molar-refractivity contribution in [3.8, 4) is 0 Å². The molecule has 0 radical (unpaired) electrons. The van der Waals surface area contributed by atoms with E-state index in [9.17, 15) is 4.79 Å². The molecule has 1 aliphatic heterocycles. The van der Waals surface area contributed by atoms with Crippen LogP contribution in [0.4, 0.5) is 16.2 Å². The van der Waals surface area contributed by atoms with Crippen LogP contribution in [-0.4, -0.2) is 19.8 Å². The van der Waals surface area contributed by atoms with Gasteiger partial charge in [0.25, 0.3) is 0 Å². The normalized spacial score (nSPS) is 14.2. The fourth-order valence-electron chi connectivity index (χ4n) is 4.92. The number of nitrogens with zero attached hydrogens (tertiary/aromatic N) is 1. The van der Waals surface area contributed by atoms with Gasteiger partial charge in [-0.2, -0.15) is 0 Å². The Morgan fingerprint density at radius 1 is 0.636 bits per heavy atom. The molecule has 0 aliphatic carbocycles. The molecule has 4 aromatic carbocycles. The number of anilines is 2. The quantitative estimate of drug-likeness (QED) is 0.423. The standard InChI is InChI=1S/C29H27NO2Si/c1-29(2,3)32-28(31)30-24-18-10-12-20-26(24)33(22-14-6-4-7-15-22,23-16-8-5-9-17-23)27-21-13-11-19-25(27)30/h4-21H,1-3H3. The molecule has 1 heterocycles. The minimum atomic E-state index is -2.67. The highest BCUT2D eigenvalue weighted by molar-refractivity contribution is 7.21. The van der Waals surface area contributed by atoms with Crippen LogP contribution >= 0.6 is 0 Å². The lowest BCUT2D eigenvalue weighted by Crippen LogP contribution is -2.77. The topological polar surface area (TPSA) is 29.5 Å². The number of carbonyl (C=O) groups is 1. The number of rotatable bonds is 2. The minimum Gasteiger partial charge on any atom is -0.443 e. The maximum atomic E-state index is 13.5. The van der Waals surface area contributed by atoms with E-state index in [1.165, 1.54) is 20.7 Å². The number of benzene rings is 4. The summed E-state index contributed by atoms with van der Waals surface area (Å²) in [6.45, 7) is 5.71. The maximum absolute atomic E-state index is 13.5. The van der Waals surface area contributed by atoms with Gasteiger partial charge in [-0.25, -0.2) is 9.69 Å². The Balaban J connectivity index is 1.88. The Kier molecular flexibility index (Phi) is 5.18. The molecule has 0 atom stereocenters. The molecule has 4 aromatic rings. The van der Waals surface area contributed by atoms with E-state index in [4.69, 9.17) is 4.74 Å². The molecule has 0 N–H and O–H groups in total. The molecular weight excluding hydrogens is 422 g/mol. The molecule has 164 valence electrons. The summed E-state index contributed by atoms with van der Waals surface area (Å²) in [5.41, 5.74) is 1.20. The van der Waals surface area contributed by atoms with Gasteiger partial charge in [-0.15, -0.1) is 0 Å². The summed E-state index contributed by atoms with van der Waals surface area (Å²) in [6.07, 6.45) is -0.355. The molecule has 4 heteroatoms. The SMILES string of the molecule is CC(C)(C)OC(=O)N1c2ccccc2[Si](c2ccccc2)(c2ccccc2)c2ccccc21. The predicted octanol–water partition coefficient (Wildman–Crippen LogP) is 4.45. The minimum absolute atomic E-state index is 0.355. The van der Waals surface area contributed by atoms with Crippen LogP contribution in [0.3, 0.4) is 0 Å². The van der Waals surface area contributed by atoms with Crippen molar-refractivity contribution in [1.82, 2.24) is 0 Å². The summed E-state index contributed by atoms with van der Waals surface area (Å²) in [4.78, 5) is 15.3. The van der Waals surface area contributed by atoms with Crippen molar-refractivity contribution in [2.45, 2.75) is 26.4 Å². The summed E-state index contributed by atoms with van der Waals surface area (Å²) in [5.74, 6) is 0. The van der Waals surface area contributed by atoms with E-state index >= 15 is 0 Å². The van der Waals surface area contributed by atoms with Gasteiger partial charge in [0.15, 0.2) is 8.07 Å². The van der Waals surface area contributed by atoms with Gasteiger partial charge < -0.3 is 4.74 Å². The van der Waals surface area contributed by atoms with Gasteiger partial charge in [-0.05, 0) is 53.7 Å². The summed E-state index contributed by atoms with van der Waals surface area (Å²) in [5, 5.41) is 4.96. The second-order valence-electron chi connectivity index (χ2n) is 9.33. The summed E-state index contributed by atoms with van der Waals surface area (Å²) >= 11 is 0. The number of hydrogen-bond acceptors (Lipinski definition) is 2. The number of fused-ring (bicyclic) bond motifs is 2. The van der Waals surface area contributed by atoms with Crippen LogP contribution in [0.1, 0.15) is 20.8 Å². The first-order valence-corrected chi connectivity index (χ1v) is 13.3. The number of para-hydroxylation sites is 2. The first-order valence-electron chi connectivity index (χ1n) is 11.3. The van der Waals surface area contributed by atoms with Crippen molar-refractivity contribution in [2.24, 2.45) is 0 Å². The molecule has 0 fully saturated rings. The lowest BCUT2D eigenvalue weighted by Gasteiger charge is -2.44. The summed E-state index contributed by atoms with van der Waals surface area (Å²) in [7, 11) is -2.67. The Hall–Kier alpha value is -3.63. The highest BCUT2D eigenvalue weighted by Crippen LogP contribution is 2.33. The first-order chi connectivity index (χ1) is 15.9. The number of ether oxygens (including phenoxy) is 1.